The van der Waals surface area contributed by atoms with E-state index in [0.717, 1.165) is 19.4 Å². The second-order valence-corrected chi connectivity index (χ2v) is 7.54. The van der Waals surface area contributed by atoms with Crippen LogP contribution in [0.5, 0.6) is 0 Å². The van der Waals surface area contributed by atoms with Crippen LogP contribution in [0.15, 0.2) is 34.9 Å². The molecule has 28 heavy (non-hydrogen) atoms. The number of halogens is 1. The van der Waals surface area contributed by atoms with Gasteiger partial charge in [0.05, 0.1) is 11.1 Å². The van der Waals surface area contributed by atoms with Crippen LogP contribution < -0.4 is 10.6 Å². The predicted octanol–water partition coefficient (Wildman–Crippen LogP) is 3.04. The minimum Gasteiger partial charge on any atom is -0.376 e. The molecule has 1 fully saturated rings. The Hall–Kier alpha value is -2.38. The molecule has 2 atom stereocenters. The lowest BCUT2D eigenvalue weighted by Crippen LogP contribution is -2.51. The SMILES string of the molecule is CC(C)[C@@H](NC(=O)c1cc(-c2ccccc2Cl)on1)C(=O)NC[C@H]1CCCO1. The van der Waals surface area contributed by atoms with E-state index < -0.39 is 11.9 Å². The van der Waals surface area contributed by atoms with E-state index in [1.807, 2.05) is 19.9 Å². The Morgan fingerprint density at radius 3 is 2.79 bits per heavy atom. The number of carbonyl (C=O) groups is 2. The minimum absolute atomic E-state index is 0.0428. The number of hydrogen-bond donors (Lipinski definition) is 2. The first-order valence-electron chi connectivity index (χ1n) is 9.37. The van der Waals surface area contributed by atoms with Gasteiger partial charge in [-0.1, -0.05) is 42.7 Å². The summed E-state index contributed by atoms with van der Waals surface area (Å²) in [5.74, 6) is -0.426. The van der Waals surface area contributed by atoms with Crippen molar-refractivity contribution in [2.75, 3.05) is 13.2 Å². The molecule has 8 heteroatoms. The normalized spacial score (nSPS) is 17.5. The lowest BCUT2D eigenvalue weighted by molar-refractivity contribution is -0.124. The largest absolute Gasteiger partial charge is 0.376 e. The average Bonchev–Trinajstić information content (AvgIpc) is 3.36. The van der Waals surface area contributed by atoms with Crippen LogP contribution in [0.3, 0.4) is 0 Å². The lowest BCUT2D eigenvalue weighted by Gasteiger charge is -2.22. The molecule has 0 unspecified atom stereocenters. The van der Waals surface area contributed by atoms with Gasteiger partial charge in [0, 0.05) is 24.8 Å². The van der Waals surface area contributed by atoms with Gasteiger partial charge in [0.1, 0.15) is 6.04 Å². The van der Waals surface area contributed by atoms with Crippen molar-refractivity contribution in [1.29, 1.82) is 0 Å². The molecule has 1 aliphatic heterocycles. The third-order valence-electron chi connectivity index (χ3n) is 4.65. The molecule has 1 aromatic carbocycles. The smallest absolute Gasteiger partial charge is 0.274 e. The number of nitrogens with zero attached hydrogens (tertiary/aromatic N) is 1. The number of benzene rings is 1. The fourth-order valence-electron chi connectivity index (χ4n) is 3.05. The maximum Gasteiger partial charge on any atom is 0.274 e. The van der Waals surface area contributed by atoms with Gasteiger partial charge in [0.25, 0.3) is 5.91 Å². The summed E-state index contributed by atoms with van der Waals surface area (Å²) in [5, 5.41) is 9.92. The zero-order chi connectivity index (χ0) is 20.1. The van der Waals surface area contributed by atoms with E-state index >= 15 is 0 Å². The molecule has 0 bridgehead atoms. The number of carbonyl (C=O) groups excluding carboxylic acids is 2. The van der Waals surface area contributed by atoms with Crippen LogP contribution in [0.4, 0.5) is 0 Å². The molecule has 2 aromatic rings. The van der Waals surface area contributed by atoms with Crippen LogP contribution in [0.25, 0.3) is 11.3 Å². The first-order valence-corrected chi connectivity index (χ1v) is 9.75. The van der Waals surface area contributed by atoms with Crippen LogP contribution in [0.1, 0.15) is 37.2 Å². The molecule has 3 rings (SSSR count). The van der Waals surface area contributed by atoms with Gasteiger partial charge in [0.2, 0.25) is 5.91 Å². The Morgan fingerprint density at radius 1 is 1.32 bits per heavy atom. The summed E-state index contributed by atoms with van der Waals surface area (Å²) in [7, 11) is 0. The van der Waals surface area contributed by atoms with Crippen molar-refractivity contribution in [3.63, 3.8) is 0 Å². The average molecular weight is 406 g/mol. The number of hydrogen-bond acceptors (Lipinski definition) is 5. The van der Waals surface area contributed by atoms with Crippen LogP contribution >= 0.6 is 11.6 Å². The van der Waals surface area contributed by atoms with Crippen molar-refractivity contribution in [2.45, 2.75) is 38.8 Å². The molecule has 0 saturated carbocycles. The van der Waals surface area contributed by atoms with Gasteiger partial charge >= 0.3 is 0 Å². The zero-order valence-corrected chi connectivity index (χ0v) is 16.7. The van der Waals surface area contributed by atoms with Gasteiger partial charge in [-0.2, -0.15) is 0 Å². The summed E-state index contributed by atoms with van der Waals surface area (Å²) >= 11 is 6.15. The molecule has 2 amide bonds. The van der Waals surface area contributed by atoms with E-state index in [1.165, 1.54) is 6.07 Å². The van der Waals surface area contributed by atoms with Crippen molar-refractivity contribution < 1.29 is 18.8 Å². The Bertz CT molecular complexity index is 830. The first-order chi connectivity index (χ1) is 13.5. The van der Waals surface area contributed by atoms with Crippen molar-refractivity contribution in [3.05, 3.63) is 41.0 Å². The van der Waals surface area contributed by atoms with Crippen LogP contribution in [0.2, 0.25) is 5.02 Å². The predicted molar refractivity (Wildman–Crippen MR) is 105 cm³/mol. The number of rotatable bonds is 7. The summed E-state index contributed by atoms with van der Waals surface area (Å²) in [6, 6.07) is 7.95. The van der Waals surface area contributed by atoms with Gasteiger partial charge in [0.15, 0.2) is 11.5 Å². The summed E-state index contributed by atoms with van der Waals surface area (Å²) in [4.78, 5) is 25.1. The summed E-state index contributed by atoms with van der Waals surface area (Å²) in [5.41, 5.74) is 0.734. The molecule has 1 aromatic heterocycles. The highest BCUT2D eigenvalue weighted by atomic mass is 35.5. The number of aromatic nitrogens is 1. The van der Waals surface area contributed by atoms with E-state index in [-0.39, 0.29) is 23.6 Å². The Morgan fingerprint density at radius 2 is 2.11 bits per heavy atom. The first kappa shape index (κ1) is 20.4. The highest BCUT2D eigenvalue weighted by Gasteiger charge is 2.27. The molecule has 2 N–H and O–H groups in total. The van der Waals surface area contributed by atoms with Gasteiger partial charge in [-0.3, -0.25) is 9.59 Å². The monoisotopic (exact) mass is 405 g/mol. The molecular formula is C20H24ClN3O4. The fraction of sp³-hybridized carbons (Fsp3) is 0.450. The van der Waals surface area contributed by atoms with Crippen molar-refractivity contribution in [2.24, 2.45) is 5.92 Å². The Kier molecular flexibility index (Phi) is 6.70. The van der Waals surface area contributed by atoms with Crippen LogP contribution in [-0.2, 0) is 9.53 Å². The molecule has 2 heterocycles. The van der Waals surface area contributed by atoms with Crippen molar-refractivity contribution >= 4 is 23.4 Å². The Labute approximate surface area is 168 Å². The van der Waals surface area contributed by atoms with Crippen LogP contribution in [0, 0.1) is 5.92 Å². The van der Waals surface area contributed by atoms with E-state index in [1.54, 1.807) is 18.2 Å². The van der Waals surface area contributed by atoms with Crippen molar-refractivity contribution in [1.82, 2.24) is 15.8 Å². The summed E-state index contributed by atoms with van der Waals surface area (Å²) < 4.78 is 10.8. The molecular weight excluding hydrogens is 382 g/mol. The van der Waals surface area contributed by atoms with Gasteiger partial charge in [-0.05, 0) is 30.9 Å². The summed E-state index contributed by atoms with van der Waals surface area (Å²) in [6.45, 7) is 4.91. The third kappa shape index (κ3) is 4.91. The highest BCUT2D eigenvalue weighted by molar-refractivity contribution is 6.33. The van der Waals surface area contributed by atoms with Gasteiger partial charge in [-0.25, -0.2) is 0 Å². The second-order valence-electron chi connectivity index (χ2n) is 7.13. The maximum absolute atomic E-state index is 12.6. The molecule has 0 radical (unpaired) electrons. The highest BCUT2D eigenvalue weighted by Crippen LogP contribution is 2.28. The van der Waals surface area contributed by atoms with E-state index in [0.29, 0.717) is 22.9 Å². The molecule has 1 saturated heterocycles. The van der Waals surface area contributed by atoms with E-state index in [4.69, 9.17) is 20.9 Å². The summed E-state index contributed by atoms with van der Waals surface area (Å²) in [6.07, 6.45) is 1.98. The van der Waals surface area contributed by atoms with Crippen molar-refractivity contribution in [3.8, 4) is 11.3 Å². The molecule has 0 spiro atoms. The lowest BCUT2D eigenvalue weighted by atomic mass is 10.0. The standard InChI is InChI=1S/C20H24ClN3O4/c1-12(2)18(20(26)22-11-13-6-5-9-27-13)23-19(25)16-10-17(28-24-16)14-7-3-4-8-15(14)21/h3-4,7-8,10,12-13,18H,5-6,9,11H2,1-2H3,(H,22,26)(H,23,25)/t13-,18-/m1/s1. The molecule has 7 nitrogen and oxygen atoms in total. The van der Waals surface area contributed by atoms with Gasteiger partial charge < -0.3 is 19.9 Å². The van der Waals surface area contributed by atoms with E-state index in [2.05, 4.69) is 15.8 Å². The number of nitrogens with one attached hydrogen (secondary N) is 2. The van der Waals surface area contributed by atoms with Gasteiger partial charge in [-0.15, -0.1) is 0 Å². The number of ether oxygens (including phenoxy) is 1. The Balaban J connectivity index is 1.64. The van der Waals surface area contributed by atoms with E-state index in [9.17, 15) is 9.59 Å². The molecule has 1 aliphatic rings. The zero-order valence-electron chi connectivity index (χ0n) is 15.9. The second kappa shape index (κ2) is 9.21. The molecule has 0 aliphatic carbocycles. The number of amides is 2. The third-order valence-corrected chi connectivity index (χ3v) is 4.98. The maximum atomic E-state index is 12.6. The molecule has 150 valence electrons. The minimum atomic E-state index is -0.686. The van der Waals surface area contributed by atoms with Crippen LogP contribution in [-0.4, -0.2) is 42.3 Å². The topological polar surface area (TPSA) is 93.5 Å². The quantitative estimate of drug-likeness (QED) is 0.738. The fourth-order valence-corrected chi connectivity index (χ4v) is 3.28.